The summed E-state index contributed by atoms with van der Waals surface area (Å²) < 4.78 is 25.5. The van der Waals surface area contributed by atoms with Crippen LogP contribution in [0.1, 0.15) is 19.4 Å². The van der Waals surface area contributed by atoms with E-state index in [0.717, 1.165) is 0 Å². The first kappa shape index (κ1) is 12.3. The van der Waals surface area contributed by atoms with Crippen LogP contribution in [-0.2, 0) is 10.0 Å². The van der Waals surface area contributed by atoms with E-state index >= 15 is 0 Å². The van der Waals surface area contributed by atoms with Crippen LogP contribution in [0.3, 0.4) is 0 Å². The molecule has 1 aromatic rings. The van der Waals surface area contributed by atoms with Crippen LogP contribution in [0.2, 0.25) is 0 Å². The van der Waals surface area contributed by atoms with Gasteiger partial charge in [0.15, 0.2) is 0 Å². The summed E-state index contributed by atoms with van der Waals surface area (Å²) >= 11 is 0. The van der Waals surface area contributed by atoms with Gasteiger partial charge in [-0.05, 0) is 32.0 Å². The third-order valence-electron chi connectivity index (χ3n) is 2.05. The van der Waals surface area contributed by atoms with Crippen molar-refractivity contribution < 1.29 is 8.42 Å². The number of benzene rings is 1. The summed E-state index contributed by atoms with van der Waals surface area (Å²) in [4.78, 5) is 0. The highest BCUT2D eigenvalue weighted by atomic mass is 32.2. The van der Waals surface area contributed by atoms with Gasteiger partial charge >= 0.3 is 0 Å². The van der Waals surface area contributed by atoms with Gasteiger partial charge in [0.1, 0.15) is 0 Å². The fourth-order valence-electron chi connectivity index (χ4n) is 0.996. The number of sulfonamides is 1. The molecule has 0 aliphatic carbocycles. The summed E-state index contributed by atoms with van der Waals surface area (Å²) in [6.45, 7) is 3.14. The van der Waals surface area contributed by atoms with E-state index in [-0.39, 0.29) is 5.69 Å². The normalized spacial score (nSPS) is 11.1. The Balaban J connectivity index is 3.05. The predicted molar refractivity (Wildman–Crippen MR) is 63.2 cm³/mol. The van der Waals surface area contributed by atoms with Gasteiger partial charge in [0.2, 0.25) is 10.0 Å². The zero-order valence-corrected chi connectivity index (χ0v) is 9.88. The van der Waals surface area contributed by atoms with Gasteiger partial charge in [-0.2, -0.15) is 5.26 Å². The molecule has 0 heterocycles. The molecule has 0 radical (unpaired) electrons. The Morgan fingerprint density at radius 3 is 2.50 bits per heavy atom. The minimum atomic E-state index is -3.41. The Morgan fingerprint density at radius 2 is 2.06 bits per heavy atom. The quantitative estimate of drug-likeness (QED) is 0.777. The maximum atomic E-state index is 11.6. The van der Waals surface area contributed by atoms with E-state index in [9.17, 15) is 8.42 Å². The number of nitrogens with two attached hydrogens (primary N) is 1. The first-order chi connectivity index (χ1) is 7.36. The van der Waals surface area contributed by atoms with Gasteiger partial charge in [-0.15, -0.1) is 0 Å². The molecule has 0 atom stereocenters. The van der Waals surface area contributed by atoms with Gasteiger partial charge in [0.05, 0.1) is 28.3 Å². The van der Waals surface area contributed by atoms with Crippen molar-refractivity contribution in [2.45, 2.75) is 19.1 Å². The lowest BCUT2D eigenvalue weighted by molar-refractivity contribution is 0.593. The van der Waals surface area contributed by atoms with E-state index < -0.39 is 15.3 Å². The average molecular weight is 239 g/mol. The number of rotatable bonds is 3. The second-order valence-electron chi connectivity index (χ2n) is 3.61. The molecule has 0 aromatic heterocycles. The molecule has 86 valence electrons. The molecule has 0 unspecified atom stereocenters. The van der Waals surface area contributed by atoms with Crippen molar-refractivity contribution in [2.75, 3.05) is 10.5 Å². The van der Waals surface area contributed by atoms with E-state index in [1.807, 2.05) is 6.07 Å². The summed E-state index contributed by atoms with van der Waals surface area (Å²) in [5, 5.41) is 8.09. The lowest BCUT2D eigenvalue weighted by atomic mass is 10.2. The standard InChI is InChI=1S/C10H13N3O2S/c1-7(2)16(14,15)13-10-4-3-8(6-11)5-9(10)12/h3-5,7,13H,12H2,1-2H3. The van der Waals surface area contributed by atoms with Crippen LogP contribution in [0.25, 0.3) is 0 Å². The van der Waals surface area contributed by atoms with Gasteiger partial charge in [0, 0.05) is 0 Å². The molecule has 0 saturated heterocycles. The van der Waals surface area contributed by atoms with Crippen LogP contribution in [0, 0.1) is 11.3 Å². The predicted octanol–water partition coefficient (Wildman–Crippen LogP) is 1.29. The molecule has 0 aliphatic rings. The Hall–Kier alpha value is -1.74. The van der Waals surface area contributed by atoms with Crippen molar-refractivity contribution in [1.82, 2.24) is 0 Å². The minimum Gasteiger partial charge on any atom is -0.397 e. The van der Waals surface area contributed by atoms with Crippen LogP contribution in [-0.4, -0.2) is 13.7 Å². The zero-order chi connectivity index (χ0) is 12.3. The molecule has 0 saturated carbocycles. The van der Waals surface area contributed by atoms with E-state index in [1.54, 1.807) is 13.8 Å². The lowest BCUT2D eigenvalue weighted by Gasteiger charge is -2.12. The number of nitrogens with one attached hydrogen (secondary N) is 1. The summed E-state index contributed by atoms with van der Waals surface area (Å²) in [5.74, 6) is 0. The van der Waals surface area contributed by atoms with Crippen molar-refractivity contribution in [3.63, 3.8) is 0 Å². The van der Waals surface area contributed by atoms with Crippen molar-refractivity contribution in [3.8, 4) is 6.07 Å². The second-order valence-corrected chi connectivity index (χ2v) is 5.85. The molecule has 5 nitrogen and oxygen atoms in total. The number of hydrogen-bond donors (Lipinski definition) is 2. The summed E-state index contributed by atoms with van der Waals surface area (Å²) in [5.41, 5.74) is 6.56. The van der Waals surface area contributed by atoms with Gasteiger partial charge in [0.25, 0.3) is 0 Å². The summed E-state index contributed by atoms with van der Waals surface area (Å²) in [6.07, 6.45) is 0. The first-order valence-electron chi connectivity index (χ1n) is 4.68. The van der Waals surface area contributed by atoms with E-state index in [0.29, 0.717) is 11.3 Å². The van der Waals surface area contributed by atoms with Gasteiger partial charge in [-0.3, -0.25) is 4.72 Å². The molecule has 0 aliphatic heterocycles. The van der Waals surface area contributed by atoms with Crippen molar-refractivity contribution >= 4 is 21.4 Å². The fraction of sp³-hybridized carbons (Fsp3) is 0.300. The molecular weight excluding hydrogens is 226 g/mol. The number of nitriles is 1. The molecule has 3 N–H and O–H groups in total. The largest absolute Gasteiger partial charge is 0.397 e. The first-order valence-corrected chi connectivity index (χ1v) is 6.22. The van der Waals surface area contributed by atoms with Crippen LogP contribution >= 0.6 is 0 Å². The Labute approximate surface area is 94.9 Å². The zero-order valence-electron chi connectivity index (χ0n) is 9.06. The SMILES string of the molecule is CC(C)S(=O)(=O)Nc1ccc(C#N)cc1N. The Morgan fingerprint density at radius 1 is 1.44 bits per heavy atom. The van der Waals surface area contributed by atoms with Crippen LogP contribution in [0.5, 0.6) is 0 Å². The van der Waals surface area contributed by atoms with Crippen molar-refractivity contribution in [1.29, 1.82) is 5.26 Å². The molecule has 0 amide bonds. The topological polar surface area (TPSA) is 96.0 Å². The van der Waals surface area contributed by atoms with Crippen molar-refractivity contribution in [2.24, 2.45) is 0 Å². The number of anilines is 2. The Bertz CT molecular complexity index is 529. The van der Waals surface area contributed by atoms with E-state index in [2.05, 4.69) is 4.72 Å². The average Bonchev–Trinajstić information content (AvgIpc) is 2.20. The number of nitrogen functional groups attached to an aromatic ring is 1. The van der Waals surface area contributed by atoms with E-state index in [4.69, 9.17) is 11.0 Å². The highest BCUT2D eigenvalue weighted by Gasteiger charge is 2.16. The van der Waals surface area contributed by atoms with E-state index in [1.165, 1.54) is 18.2 Å². The van der Waals surface area contributed by atoms with Crippen LogP contribution in [0.15, 0.2) is 18.2 Å². The smallest absolute Gasteiger partial charge is 0.235 e. The maximum Gasteiger partial charge on any atom is 0.235 e. The molecule has 16 heavy (non-hydrogen) atoms. The Kier molecular flexibility index (Phi) is 3.40. The van der Waals surface area contributed by atoms with Gasteiger partial charge in [-0.1, -0.05) is 0 Å². The fourth-order valence-corrected chi connectivity index (χ4v) is 1.72. The van der Waals surface area contributed by atoms with Crippen LogP contribution < -0.4 is 10.5 Å². The summed E-state index contributed by atoms with van der Waals surface area (Å²) in [6, 6.07) is 6.34. The molecule has 1 rings (SSSR count). The van der Waals surface area contributed by atoms with Gasteiger partial charge < -0.3 is 5.73 Å². The lowest BCUT2D eigenvalue weighted by Crippen LogP contribution is -2.23. The second kappa shape index (κ2) is 4.41. The van der Waals surface area contributed by atoms with Crippen LogP contribution in [0.4, 0.5) is 11.4 Å². The number of nitrogens with zero attached hydrogens (tertiary/aromatic N) is 1. The molecule has 6 heteroatoms. The third-order valence-corrected chi connectivity index (χ3v) is 3.80. The number of hydrogen-bond acceptors (Lipinski definition) is 4. The highest BCUT2D eigenvalue weighted by Crippen LogP contribution is 2.21. The maximum absolute atomic E-state index is 11.6. The highest BCUT2D eigenvalue weighted by molar-refractivity contribution is 7.93. The third kappa shape index (κ3) is 2.64. The summed E-state index contributed by atoms with van der Waals surface area (Å²) in [7, 11) is -3.41. The molecule has 0 bridgehead atoms. The minimum absolute atomic E-state index is 0.239. The van der Waals surface area contributed by atoms with Gasteiger partial charge in [-0.25, -0.2) is 8.42 Å². The molecule has 0 spiro atoms. The molecule has 0 fully saturated rings. The monoisotopic (exact) mass is 239 g/mol. The molecular formula is C10H13N3O2S. The molecule has 1 aromatic carbocycles. The van der Waals surface area contributed by atoms with Crippen molar-refractivity contribution in [3.05, 3.63) is 23.8 Å².